The van der Waals surface area contributed by atoms with Crippen LogP contribution in [0.3, 0.4) is 0 Å². The zero-order chi connectivity index (χ0) is 16.2. The van der Waals surface area contributed by atoms with Gasteiger partial charge in [0.2, 0.25) is 10.0 Å². The molecule has 22 heavy (non-hydrogen) atoms. The molecule has 0 bridgehead atoms. The Morgan fingerprint density at radius 1 is 1.00 bits per heavy atom. The van der Waals surface area contributed by atoms with Gasteiger partial charge in [0.05, 0.1) is 5.75 Å². The first-order valence-electron chi connectivity index (χ1n) is 7.06. The highest BCUT2D eigenvalue weighted by molar-refractivity contribution is 7.88. The van der Waals surface area contributed by atoms with Crippen molar-refractivity contribution in [3.63, 3.8) is 0 Å². The molecular weight excluding hydrogens is 318 g/mol. The van der Waals surface area contributed by atoms with E-state index in [4.69, 9.17) is 11.6 Å². The summed E-state index contributed by atoms with van der Waals surface area (Å²) in [5.74, 6) is -0.120. The quantitative estimate of drug-likeness (QED) is 0.871. The van der Waals surface area contributed by atoms with Crippen LogP contribution in [0, 0.1) is 0 Å². The van der Waals surface area contributed by atoms with E-state index in [1.807, 2.05) is 44.2 Å². The molecule has 0 aliphatic rings. The normalized spacial score (nSPS) is 12.3. The van der Waals surface area contributed by atoms with Gasteiger partial charge in [-0.15, -0.1) is 0 Å². The van der Waals surface area contributed by atoms with Crippen molar-refractivity contribution in [3.8, 4) is 0 Å². The molecule has 0 aliphatic carbocycles. The summed E-state index contributed by atoms with van der Waals surface area (Å²) in [5, 5.41) is 0.466. The van der Waals surface area contributed by atoms with E-state index in [1.54, 1.807) is 24.3 Å². The number of hydrogen-bond acceptors (Lipinski definition) is 2. The highest BCUT2D eigenvalue weighted by Gasteiger charge is 2.25. The first-order chi connectivity index (χ1) is 10.3. The molecule has 1 N–H and O–H groups in total. The molecule has 3 nitrogen and oxygen atoms in total. The Bertz CT molecular complexity index is 727. The van der Waals surface area contributed by atoms with Gasteiger partial charge < -0.3 is 0 Å². The maximum atomic E-state index is 12.4. The lowest BCUT2D eigenvalue weighted by atomic mass is 9.96. The van der Waals surface area contributed by atoms with Crippen LogP contribution < -0.4 is 4.72 Å². The molecule has 0 saturated carbocycles. The standard InChI is InChI=1S/C17H20ClNO2S/c1-17(2,12-14-8-4-3-5-9-14)19-22(20,21)13-15-10-6-7-11-16(15)18/h3-11,19H,12-13H2,1-2H3. The Hall–Kier alpha value is -1.36. The minimum Gasteiger partial charge on any atom is -0.212 e. The molecule has 0 atom stereocenters. The lowest BCUT2D eigenvalue weighted by Gasteiger charge is -2.26. The van der Waals surface area contributed by atoms with Gasteiger partial charge in [-0.05, 0) is 37.5 Å². The average Bonchev–Trinajstić information content (AvgIpc) is 2.40. The Morgan fingerprint density at radius 2 is 1.59 bits per heavy atom. The monoisotopic (exact) mass is 337 g/mol. The highest BCUT2D eigenvalue weighted by atomic mass is 35.5. The molecule has 0 radical (unpaired) electrons. The Balaban J connectivity index is 2.09. The minimum atomic E-state index is -3.47. The molecule has 0 saturated heterocycles. The van der Waals surface area contributed by atoms with Gasteiger partial charge >= 0.3 is 0 Å². The van der Waals surface area contributed by atoms with Gasteiger partial charge in [0.1, 0.15) is 0 Å². The average molecular weight is 338 g/mol. The summed E-state index contributed by atoms with van der Waals surface area (Å²) >= 11 is 6.04. The van der Waals surface area contributed by atoms with Crippen molar-refractivity contribution in [2.75, 3.05) is 0 Å². The molecule has 0 heterocycles. The van der Waals surface area contributed by atoms with Crippen LogP contribution >= 0.6 is 11.6 Å². The van der Waals surface area contributed by atoms with E-state index in [0.717, 1.165) is 5.56 Å². The summed E-state index contributed by atoms with van der Waals surface area (Å²) < 4.78 is 27.5. The number of nitrogens with one attached hydrogen (secondary N) is 1. The lowest BCUT2D eigenvalue weighted by Crippen LogP contribution is -2.45. The summed E-state index contributed by atoms with van der Waals surface area (Å²) in [4.78, 5) is 0. The van der Waals surface area contributed by atoms with Crippen LogP contribution in [0.2, 0.25) is 5.02 Å². The van der Waals surface area contributed by atoms with Crippen LogP contribution in [0.5, 0.6) is 0 Å². The van der Waals surface area contributed by atoms with Crippen molar-refractivity contribution in [2.45, 2.75) is 31.6 Å². The SMILES string of the molecule is CC(C)(Cc1ccccc1)NS(=O)(=O)Cc1ccccc1Cl. The summed E-state index contributed by atoms with van der Waals surface area (Å²) in [6, 6.07) is 16.8. The van der Waals surface area contributed by atoms with E-state index in [2.05, 4.69) is 4.72 Å². The second-order valence-electron chi connectivity index (χ2n) is 6.00. The third-order valence-corrected chi connectivity index (χ3v) is 5.15. The van der Waals surface area contributed by atoms with Gasteiger partial charge in [-0.3, -0.25) is 0 Å². The lowest BCUT2D eigenvalue weighted by molar-refractivity contribution is 0.450. The van der Waals surface area contributed by atoms with E-state index in [9.17, 15) is 8.42 Å². The molecule has 5 heteroatoms. The second kappa shape index (κ2) is 6.82. The summed E-state index contributed by atoms with van der Waals surface area (Å²) in [7, 11) is -3.47. The Kier molecular flexibility index (Phi) is 5.27. The zero-order valence-corrected chi connectivity index (χ0v) is 14.3. The fraction of sp³-hybridized carbons (Fsp3) is 0.294. The van der Waals surface area contributed by atoms with Crippen LogP contribution in [-0.2, 0) is 22.2 Å². The fourth-order valence-electron chi connectivity index (χ4n) is 2.42. The number of benzene rings is 2. The van der Waals surface area contributed by atoms with E-state index >= 15 is 0 Å². The number of sulfonamides is 1. The van der Waals surface area contributed by atoms with E-state index in [0.29, 0.717) is 17.0 Å². The molecule has 0 unspecified atom stereocenters. The maximum absolute atomic E-state index is 12.4. The molecule has 2 aromatic carbocycles. The molecule has 0 spiro atoms. The van der Waals surface area contributed by atoms with Crippen molar-refractivity contribution in [2.24, 2.45) is 0 Å². The highest BCUT2D eigenvalue weighted by Crippen LogP contribution is 2.19. The predicted octanol–water partition coefficient (Wildman–Crippen LogP) is 3.78. The largest absolute Gasteiger partial charge is 0.216 e. The first kappa shape index (κ1) is 17.0. The fourth-order valence-corrected chi connectivity index (χ4v) is 4.35. The van der Waals surface area contributed by atoms with Gasteiger partial charge in [-0.2, -0.15) is 0 Å². The summed E-state index contributed by atoms with van der Waals surface area (Å²) in [6.07, 6.45) is 0.621. The Labute approximate surface area is 137 Å². The molecule has 0 aromatic heterocycles. The smallest absolute Gasteiger partial charge is 0.212 e. The van der Waals surface area contributed by atoms with Crippen LogP contribution in [0.4, 0.5) is 0 Å². The van der Waals surface area contributed by atoms with Crippen molar-refractivity contribution >= 4 is 21.6 Å². The van der Waals surface area contributed by atoms with E-state index in [-0.39, 0.29) is 5.75 Å². The van der Waals surface area contributed by atoms with Crippen LogP contribution in [-0.4, -0.2) is 14.0 Å². The first-order valence-corrected chi connectivity index (χ1v) is 9.09. The van der Waals surface area contributed by atoms with Crippen molar-refractivity contribution in [3.05, 3.63) is 70.7 Å². The molecular formula is C17H20ClNO2S. The van der Waals surface area contributed by atoms with Crippen molar-refractivity contribution in [1.29, 1.82) is 0 Å². The van der Waals surface area contributed by atoms with Crippen LogP contribution in [0.15, 0.2) is 54.6 Å². The molecule has 2 aromatic rings. The van der Waals surface area contributed by atoms with Crippen LogP contribution in [0.1, 0.15) is 25.0 Å². The van der Waals surface area contributed by atoms with Crippen molar-refractivity contribution < 1.29 is 8.42 Å². The van der Waals surface area contributed by atoms with Crippen molar-refractivity contribution in [1.82, 2.24) is 4.72 Å². The summed E-state index contributed by atoms with van der Waals surface area (Å²) in [5.41, 5.74) is 1.13. The van der Waals surface area contributed by atoms with E-state index in [1.165, 1.54) is 0 Å². The molecule has 118 valence electrons. The number of rotatable bonds is 6. The molecule has 0 amide bonds. The van der Waals surface area contributed by atoms with Gasteiger partial charge in [0, 0.05) is 10.6 Å². The maximum Gasteiger partial charge on any atom is 0.216 e. The molecule has 2 rings (SSSR count). The second-order valence-corrected chi connectivity index (χ2v) is 8.13. The van der Waals surface area contributed by atoms with E-state index < -0.39 is 15.6 Å². The third kappa shape index (κ3) is 5.13. The van der Waals surface area contributed by atoms with Crippen LogP contribution in [0.25, 0.3) is 0 Å². The van der Waals surface area contributed by atoms with Gasteiger partial charge in [-0.1, -0.05) is 60.1 Å². The van der Waals surface area contributed by atoms with Gasteiger partial charge in [0.25, 0.3) is 0 Å². The minimum absolute atomic E-state index is 0.120. The predicted molar refractivity (Wildman–Crippen MR) is 91.4 cm³/mol. The zero-order valence-electron chi connectivity index (χ0n) is 12.7. The van der Waals surface area contributed by atoms with Gasteiger partial charge in [-0.25, -0.2) is 13.1 Å². The summed E-state index contributed by atoms with van der Waals surface area (Å²) in [6.45, 7) is 3.76. The number of hydrogen-bond donors (Lipinski definition) is 1. The topological polar surface area (TPSA) is 46.2 Å². The third-order valence-electron chi connectivity index (χ3n) is 3.22. The number of halogens is 1. The Morgan fingerprint density at radius 3 is 2.23 bits per heavy atom. The molecule has 0 fully saturated rings. The van der Waals surface area contributed by atoms with Gasteiger partial charge in [0.15, 0.2) is 0 Å². The molecule has 0 aliphatic heterocycles.